The lowest BCUT2D eigenvalue weighted by Crippen LogP contribution is -2.43. The maximum atomic E-state index is 14.0. The Morgan fingerprint density at radius 2 is 2.10 bits per heavy atom. The van der Waals surface area contributed by atoms with Crippen LogP contribution in [0, 0.1) is 5.82 Å². The van der Waals surface area contributed by atoms with Crippen molar-refractivity contribution in [1.29, 1.82) is 0 Å². The molecule has 0 saturated carbocycles. The molecule has 1 heterocycles. The van der Waals surface area contributed by atoms with Crippen LogP contribution in [-0.2, 0) is 6.54 Å². The molecular formula is C16H24FN3S. The van der Waals surface area contributed by atoms with Crippen LogP contribution in [-0.4, -0.2) is 47.5 Å². The van der Waals surface area contributed by atoms with E-state index in [9.17, 15) is 4.39 Å². The van der Waals surface area contributed by atoms with E-state index in [2.05, 4.69) is 23.8 Å². The number of benzene rings is 1. The van der Waals surface area contributed by atoms with Gasteiger partial charge in [0.1, 0.15) is 10.8 Å². The molecule has 116 valence electrons. The fourth-order valence-electron chi connectivity index (χ4n) is 2.92. The molecule has 1 aliphatic rings. The van der Waals surface area contributed by atoms with Gasteiger partial charge in [-0.1, -0.05) is 19.1 Å². The van der Waals surface area contributed by atoms with E-state index in [-0.39, 0.29) is 5.82 Å². The smallest absolute Gasteiger partial charge is 0.127 e. The molecule has 2 rings (SSSR count). The van der Waals surface area contributed by atoms with Crippen LogP contribution in [0.3, 0.4) is 0 Å². The van der Waals surface area contributed by atoms with Gasteiger partial charge in [-0.2, -0.15) is 0 Å². The van der Waals surface area contributed by atoms with Crippen LogP contribution in [0.4, 0.5) is 4.39 Å². The van der Waals surface area contributed by atoms with Gasteiger partial charge in [0.25, 0.3) is 0 Å². The van der Waals surface area contributed by atoms with Crippen LogP contribution < -0.4 is 5.73 Å². The van der Waals surface area contributed by atoms with Crippen LogP contribution in [0.15, 0.2) is 18.2 Å². The fraction of sp³-hybridized carbons (Fsp3) is 0.562. The van der Waals surface area contributed by atoms with Gasteiger partial charge in [0.2, 0.25) is 0 Å². The lowest BCUT2D eigenvalue weighted by molar-refractivity contribution is 0.126. The predicted octanol–water partition coefficient (Wildman–Crippen LogP) is 2.38. The molecule has 0 bridgehead atoms. The van der Waals surface area contributed by atoms with Crippen molar-refractivity contribution in [2.75, 3.05) is 26.7 Å². The molecule has 0 aliphatic carbocycles. The summed E-state index contributed by atoms with van der Waals surface area (Å²) >= 11 is 4.97. The number of nitrogens with two attached hydrogens (primary N) is 1. The molecule has 0 unspecified atom stereocenters. The van der Waals surface area contributed by atoms with Crippen molar-refractivity contribution >= 4 is 17.2 Å². The monoisotopic (exact) mass is 309 g/mol. The number of hydrogen-bond acceptors (Lipinski definition) is 3. The molecule has 1 aliphatic heterocycles. The van der Waals surface area contributed by atoms with Crippen molar-refractivity contribution in [3.8, 4) is 0 Å². The summed E-state index contributed by atoms with van der Waals surface area (Å²) in [6.45, 7) is 6.16. The van der Waals surface area contributed by atoms with Crippen molar-refractivity contribution in [3.05, 3.63) is 35.1 Å². The van der Waals surface area contributed by atoms with Gasteiger partial charge in [-0.25, -0.2) is 4.39 Å². The fourth-order valence-corrected chi connectivity index (χ4v) is 3.05. The summed E-state index contributed by atoms with van der Waals surface area (Å²) in [5.74, 6) is -0.187. The van der Waals surface area contributed by atoms with E-state index in [0.717, 1.165) is 38.0 Å². The third kappa shape index (κ3) is 4.22. The molecule has 5 heteroatoms. The molecular weight excluding hydrogens is 285 g/mol. The van der Waals surface area contributed by atoms with Crippen molar-refractivity contribution in [2.24, 2.45) is 5.73 Å². The lowest BCUT2D eigenvalue weighted by Gasteiger charge is -2.36. The molecule has 0 aromatic heterocycles. The van der Waals surface area contributed by atoms with Crippen LogP contribution in [0.5, 0.6) is 0 Å². The van der Waals surface area contributed by atoms with E-state index < -0.39 is 0 Å². The molecule has 0 atom stereocenters. The third-order valence-corrected chi connectivity index (χ3v) is 4.61. The summed E-state index contributed by atoms with van der Waals surface area (Å²) in [5.41, 5.74) is 7.03. The first-order valence-electron chi connectivity index (χ1n) is 7.52. The second kappa shape index (κ2) is 7.29. The number of nitrogens with zero attached hydrogens (tertiary/aromatic N) is 2. The van der Waals surface area contributed by atoms with Crippen molar-refractivity contribution in [2.45, 2.75) is 32.4 Å². The Balaban J connectivity index is 2.01. The Morgan fingerprint density at radius 3 is 2.67 bits per heavy atom. The van der Waals surface area contributed by atoms with Gasteiger partial charge in [-0.05, 0) is 57.7 Å². The highest BCUT2D eigenvalue weighted by Crippen LogP contribution is 2.19. The Kier molecular flexibility index (Phi) is 5.67. The largest absolute Gasteiger partial charge is 0.389 e. The van der Waals surface area contributed by atoms with Crippen LogP contribution >= 0.6 is 12.2 Å². The molecule has 3 nitrogen and oxygen atoms in total. The van der Waals surface area contributed by atoms with Gasteiger partial charge < -0.3 is 10.6 Å². The van der Waals surface area contributed by atoms with Crippen molar-refractivity contribution < 1.29 is 4.39 Å². The molecule has 2 N–H and O–H groups in total. The number of halogens is 1. The average Bonchev–Trinajstić information content (AvgIpc) is 2.49. The van der Waals surface area contributed by atoms with Crippen LogP contribution in [0.1, 0.15) is 30.9 Å². The summed E-state index contributed by atoms with van der Waals surface area (Å²) in [6, 6.07) is 5.38. The number of likely N-dealkylation sites (tertiary alicyclic amines) is 1. The summed E-state index contributed by atoms with van der Waals surface area (Å²) < 4.78 is 14.0. The predicted molar refractivity (Wildman–Crippen MR) is 88.9 cm³/mol. The highest BCUT2D eigenvalue weighted by molar-refractivity contribution is 7.80. The zero-order valence-corrected chi connectivity index (χ0v) is 13.6. The second-order valence-corrected chi connectivity index (χ2v) is 6.19. The maximum absolute atomic E-state index is 14.0. The lowest BCUT2D eigenvalue weighted by atomic mass is 10.0. The molecule has 1 saturated heterocycles. The molecule has 21 heavy (non-hydrogen) atoms. The molecule has 1 aromatic rings. The van der Waals surface area contributed by atoms with E-state index in [1.54, 1.807) is 12.1 Å². The van der Waals surface area contributed by atoms with Crippen LogP contribution in [0.2, 0.25) is 0 Å². The minimum absolute atomic E-state index is 0.187. The molecule has 1 fully saturated rings. The summed E-state index contributed by atoms with van der Waals surface area (Å²) in [7, 11) is 2.07. The first-order chi connectivity index (χ1) is 10.0. The van der Waals surface area contributed by atoms with E-state index in [0.29, 0.717) is 23.1 Å². The van der Waals surface area contributed by atoms with Gasteiger partial charge in [0.15, 0.2) is 0 Å². The Morgan fingerprint density at radius 1 is 1.43 bits per heavy atom. The number of piperidine rings is 1. The first-order valence-corrected chi connectivity index (χ1v) is 7.93. The summed E-state index contributed by atoms with van der Waals surface area (Å²) in [5, 5.41) is 0. The Bertz CT molecular complexity index is 498. The Labute approximate surface area is 131 Å². The highest BCUT2D eigenvalue weighted by Gasteiger charge is 2.22. The van der Waals surface area contributed by atoms with E-state index >= 15 is 0 Å². The number of rotatable bonds is 5. The van der Waals surface area contributed by atoms with Gasteiger partial charge >= 0.3 is 0 Å². The standard InChI is InChI=1S/C16H24FN3S/c1-3-20-8-6-14(7-9-20)19(2)11-13-10-12(16(18)21)4-5-15(13)17/h4-5,10,14H,3,6-9,11H2,1-2H3,(H2,18,21). The van der Waals surface area contributed by atoms with E-state index in [1.165, 1.54) is 6.07 Å². The quantitative estimate of drug-likeness (QED) is 0.847. The highest BCUT2D eigenvalue weighted by atomic mass is 32.1. The molecule has 0 spiro atoms. The maximum Gasteiger partial charge on any atom is 0.127 e. The minimum atomic E-state index is -0.187. The van der Waals surface area contributed by atoms with Gasteiger partial charge in [0, 0.05) is 23.7 Å². The summed E-state index contributed by atoms with van der Waals surface area (Å²) in [6.07, 6.45) is 2.28. The van der Waals surface area contributed by atoms with Gasteiger partial charge in [-0.15, -0.1) is 0 Å². The molecule has 1 aromatic carbocycles. The van der Waals surface area contributed by atoms with Crippen molar-refractivity contribution in [1.82, 2.24) is 9.80 Å². The molecule has 0 amide bonds. The topological polar surface area (TPSA) is 32.5 Å². The Hall–Kier alpha value is -1.04. The zero-order valence-electron chi connectivity index (χ0n) is 12.8. The van der Waals surface area contributed by atoms with Crippen LogP contribution in [0.25, 0.3) is 0 Å². The molecule has 0 radical (unpaired) electrons. The van der Waals surface area contributed by atoms with Gasteiger partial charge in [-0.3, -0.25) is 4.90 Å². The first kappa shape index (κ1) is 16.3. The van der Waals surface area contributed by atoms with E-state index in [1.807, 2.05) is 0 Å². The summed E-state index contributed by atoms with van der Waals surface area (Å²) in [4.78, 5) is 5.02. The van der Waals surface area contributed by atoms with Gasteiger partial charge in [0.05, 0.1) is 0 Å². The second-order valence-electron chi connectivity index (χ2n) is 5.75. The normalized spacial score (nSPS) is 17.3. The SMILES string of the molecule is CCN1CCC(N(C)Cc2cc(C(N)=S)ccc2F)CC1. The third-order valence-electron chi connectivity index (χ3n) is 4.38. The number of thiocarbonyl (C=S) groups is 1. The number of hydrogen-bond donors (Lipinski definition) is 1. The van der Waals surface area contributed by atoms with Crippen molar-refractivity contribution in [3.63, 3.8) is 0 Å². The zero-order chi connectivity index (χ0) is 15.4. The minimum Gasteiger partial charge on any atom is -0.389 e. The van der Waals surface area contributed by atoms with E-state index in [4.69, 9.17) is 18.0 Å². The average molecular weight is 309 g/mol.